The van der Waals surface area contributed by atoms with Crippen LogP contribution in [0.4, 0.5) is 5.69 Å². The van der Waals surface area contributed by atoms with E-state index in [1.165, 1.54) is 12.1 Å². The van der Waals surface area contributed by atoms with E-state index in [0.29, 0.717) is 5.75 Å². The molecule has 1 amide bonds. The van der Waals surface area contributed by atoms with Crippen molar-refractivity contribution in [1.29, 1.82) is 0 Å². The summed E-state index contributed by atoms with van der Waals surface area (Å²) in [5.41, 5.74) is 1.86. The standard InChI is InChI=1S/C20H24N2O4/c1-14(2)21(15(3)4)20(23)13-26-19-11-7-17(8-12-19)16-5-9-18(10-6-16)22(24)25/h5-12,14-15H,13H2,1-4H3. The lowest BCUT2D eigenvalue weighted by molar-refractivity contribution is -0.384. The second kappa shape index (κ2) is 8.47. The third-order valence-electron chi connectivity index (χ3n) is 4.03. The summed E-state index contributed by atoms with van der Waals surface area (Å²) >= 11 is 0. The Morgan fingerprint density at radius 2 is 1.42 bits per heavy atom. The average Bonchev–Trinajstić information content (AvgIpc) is 2.60. The van der Waals surface area contributed by atoms with Crippen molar-refractivity contribution in [3.05, 3.63) is 58.6 Å². The van der Waals surface area contributed by atoms with Gasteiger partial charge >= 0.3 is 0 Å². The first-order valence-corrected chi connectivity index (χ1v) is 8.58. The zero-order chi connectivity index (χ0) is 19.3. The van der Waals surface area contributed by atoms with Crippen LogP contribution in [0, 0.1) is 10.1 Å². The van der Waals surface area contributed by atoms with Gasteiger partial charge in [0.15, 0.2) is 6.61 Å². The van der Waals surface area contributed by atoms with Gasteiger partial charge in [-0.15, -0.1) is 0 Å². The van der Waals surface area contributed by atoms with Gasteiger partial charge in [0.1, 0.15) is 5.75 Å². The fourth-order valence-electron chi connectivity index (χ4n) is 2.91. The number of non-ortho nitro benzene ring substituents is 1. The summed E-state index contributed by atoms with van der Waals surface area (Å²) in [7, 11) is 0. The maximum absolute atomic E-state index is 12.3. The minimum atomic E-state index is -0.421. The zero-order valence-corrected chi connectivity index (χ0v) is 15.5. The largest absolute Gasteiger partial charge is 0.484 e. The van der Waals surface area contributed by atoms with Gasteiger partial charge in [0, 0.05) is 24.2 Å². The van der Waals surface area contributed by atoms with Crippen LogP contribution < -0.4 is 4.74 Å². The van der Waals surface area contributed by atoms with E-state index in [1.807, 2.05) is 39.8 Å². The zero-order valence-electron chi connectivity index (χ0n) is 15.5. The van der Waals surface area contributed by atoms with Gasteiger partial charge in [-0.3, -0.25) is 14.9 Å². The molecule has 0 bridgehead atoms. The number of ether oxygens (including phenoxy) is 1. The number of hydrogen-bond acceptors (Lipinski definition) is 4. The maximum Gasteiger partial charge on any atom is 0.269 e. The molecule has 0 spiro atoms. The quantitative estimate of drug-likeness (QED) is 0.548. The van der Waals surface area contributed by atoms with Crippen LogP contribution in [0.15, 0.2) is 48.5 Å². The van der Waals surface area contributed by atoms with E-state index in [-0.39, 0.29) is 30.3 Å². The molecule has 0 aliphatic rings. The van der Waals surface area contributed by atoms with E-state index in [2.05, 4.69) is 0 Å². The van der Waals surface area contributed by atoms with Gasteiger partial charge in [0.2, 0.25) is 0 Å². The summed E-state index contributed by atoms with van der Waals surface area (Å²) in [4.78, 5) is 24.4. The van der Waals surface area contributed by atoms with Crippen molar-refractivity contribution in [2.45, 2.75) is 39.8 Å². The lowest BCUT2D eigenvalue weighted by Crippen LogP contribution is -2.44. The third kappa shape index (κ3) is 4.81. The van der Waals surface area contributed by atoms with Crippen LogP contribution in [-0.4, -0.2) is 34.4 Å². The number of hydrogen-bond donors (Lipinski definition) is 0. The molecule has 138 valence electrons. The van der Waals surface area contributed by atoms with Crippen molar-refractivity contribution in [1.82, 2.24) is 4.90 Å². The maximum atomic E-state index is 12.3. The molecular weight excluding hydrogens is 332 g/mol. The van der Waals surface area contributed by atoms with Crippen molar-refractivity contribution in [3.8, 4) is 16.9 Å². The van der Waals surface area contributed by atoms with Crippen LogP contribution >= 0.6 is 0 Å². The van der Waals surface area contributed by atoms with Crippen LogP contribution in [0.2, 0.25) is 0 Å². The van der Waals surface area contributed by atoms with E-state index in [4.69, 9.17) is 4.74 Å². The lowest BCUT2D eigenvalue weighted by atomic mass is 10.1. The first-order valence-electron chi connectivity index (χ1n) is 8.58. The molecule has 0 aliphatic heterocycles. The molecule has 2 aromatic carbocycles. The number of nitro groups is 1. The third-order valence-corrected chi connectivity index (χ3v) is 4.03. The number of benzene rings is 2. The fraction of sp³-hybridized carbons (Fsp3) is 0.350. The summed E-state index contributed by atoms with van der Waals surface area (Å²) in [5.74, 6) is 0.561. The second-order valence-electron chi connectivity index (χ2n) is 6.61. The molecule has 0 radical (unpaired) electrons. The molecule has 2 rings (SSSR count). The van der Waals surface area contributed by atoms with Crippen LogP contribution in [0.5, 0.6) is 5.75 Å². The highest BCUT2D eigenvalue weighted by atomic mass is 16.6. The summed E-state index contributed by atoms with van der Waals surface area (Å²) in [6.07, 6.45) is 0. The minimum Gasteiger partial charge on any atom is -0.484 e. The molecular formula is C20H24N2O4. The molecule has 6 nitrogen and oxygen atoms in total. The number of amides is 1. The topological polar surface area (TPSA) is 72.7 Å². The van der Waals surface area contributed by atoms with E-state index in [9.17, 15) is 14.9 Å². The SMILES string of the molecule is CC(C)N(C(=O)COc1ccc(-c2ccc([N+](=O)[O-])cc2)cc1)C(C)C. The smallest absolute Gasteiger partial charge is 0.269 e. The molecule has 0 aromatic heterocycles. The van der Waals surface area contributed by atoms with Crippen molar-refractivity contribution in [2.24, 2.45) is 0 Å². The van der Waals surface area contributed by atoms with Gasteiger partial charge in [-0.1, -0.05) is 12.1 Å². The van der Waals surface area contributed by atoms with E-state index >= 15 is 0 Å². The number of carbonyl (C=O) groups is 1. The van der Waals surface area contributed by atoms with Crippen LogP contribution in [0.1, 0.15) is 27.7 Å². The highest BCUT2D eigenvalue weighted by Gasteiger charge is 2.20. The molecule has 0 saturated heterocycles. The lowest BCUT2D eigenvalue weighted by Gasteiger charge is -2.30. The normalized spacial score (nSPS) is 10.8. The molecule has 6 heteroatoms. The highest BCUT2D eigenvalue weighted by Crippen LogP contribution is 2.24. The molecule has 0 saturated carbocycles. The molecule has 0 N–H and O–H groups in total. The Morgan fingerprint density at radius 3 is 1.85 bits per heavy atom. The first-order chi connectivity index (χ1) is 12.3. The Bertz CT molecular complexity index is 744. The molecule has 0 atom stereocenters. The Morgan fingerprint density at radius 1 is 0.962 bits per heavy atom. The van der Waals surface area contributed by atoms with Crippen LogP contribution in [-0.2, 0) is 4.79 Å². The van der Waals surface area contributed by atoms with Crippen molar-refractivity contribution < 1.29 is 14.5 Å². The minimum absolute atomic E-state index is 0.00671. The molecule has 0 aliphatic carbocycles. The molecule has 0 fully saturated rings. The highest BCUT2D eigenvalue weighted by molar-refractivity contribution is 5.78. The second-order valence-corrected chi connectivity index (χ2v) is 6.61. The summed E-state index contributed by atoms with van der Waals surface area (Å²) < 4.78 is 5.61. The summed E-state index contributed by atoms with van der Waals surface area (Å²) in [6, 6.07) is 13.9. The number of carbonyl (C=O) groups excluding carboxylic acids is 1. The Labute approximate surface area is 153 Å². The van der Waals surface area contributed by atoms with Gasteiger partial charge in [-0.05, 0) is 63.1 Å². The Balaban J connectivity index is 2.01. The Kier molecular flexibility index (Phi) is 6.33. The molecule has 0 heterocycles. The van der Waals surface area contributed by atoms with E-state index in [1.54, 1.807) is 29.2 Å². The number of nitrogens with zero attached hydrogens (tertiary/aromatic N) is 2. The monoisotopic (exact) mass is 356 g/mol. The van der Waals surface area contributed by atoms with Gasteiger partial charge in [0.25, 0.3) is 11.6 Å². The van der Waals surface area contributed by atoms with Crippen LogP contribution in [0.3, 0.4) is 0 Å². The van der Waals surface area contributed by atoms with Gasteiger partial charge in [-0.25, -0.2) is 0 Å². The van der Waals surface area contributed by atoms with Gasteiger partial charge in [0.05, 0.1) is 4.92 Å². The van der Waals surface area contributed by atoms with Crippen molar-refractivity contribution >= 4 is 11.6 Å². The first kappa shape index (κ1) is 19.4. The van der Waals surface area contributed by atoms with Crippen LogP contribution in [0.25, 0.3) is 11.1 Å². The number of rotatable bonds is 7. The number of nitro benzene ring substituents is 1. The fourth-order valence-corrected chi connectivity index (χ4v) is 2.91. The van der Waals surface area contributed by atoms with E-state index < -0.39 is 4.92 Å². The predicted octanol–water partition coefficient (Wildman–Crippen LogP) is 4.29. The summed E-state index contributed by atoms with van der Waals surface area (Å²) in [6.45, 7) is 7.93. The van der Waals surface area contributed by atoms with Gasteiger partial charge < -0.3 is 9.64 Å². The molecule has 26 heavy (non-hydrogen) atoms. The molecule has 2 aromatic rings. The van der Waals surface area contributed by atoms with Crippen molar-refractivity contribution in [3.63, 3.8) is 0 Å². The van der Waals surface area contributed by atoms with Gasteiger partial charge in [-0.2, -0.15) is 0 Å². The molecule has 0 unspecified atom stereocenters. The van der Waals surface area contributed by atoms with E-state index in [0.717, 1.165) is 11.1 Å². The average molecular weight is 356 g/mol. The predicted molar refractivity (Wildman–Crippen MR) is 101 cm³/mol. The Hall–Kier alpha value is -2.89. The summed E-state index contributed by atoms with van der Waals surface area (Å²) in [5, 5.41) is 10.7. The van der Waals surface area contributed by atoms with Crippen molar-refractivity contribution in [2.75, 3.05) is 6.61 Å².